The highest BCUT2D eigenvalue weighted by Crippen LogP contribution is 2.27. The van der Waals surface area contributed by atoms with Crippen LogP contribution >= 0.6 is 11.3 Å². The average Bonchev–Trinajstić information content (AvgIpc) is 2.85. The molecule has 0 saturated carbocycles. The number of hydrogen-bond donors (Lipinski definition) is 1. The summed E-state index contributed by atoms with van der Waals surface area (Å²) in [6.07, 6.45) is 3.88. The van der Waals surface area contributed by atoms with E-state index in [-0.39, 0.29) is 5.69 Å². The number of aromatic carboxylic acids is 1. The van der Waals surface area contributed by atoms with Crippen LogP contribution in [-0.4, -0.2) is 27.6 Å². The molecule has 0 atom stereocenters. The van der Waals surface area contributed by atoms with Crippen molar-refractivity contribution in [1.29, 1.82) is 0 Å². The van der Waals surface area contributed by atoms with Gasteiger partial charge in [0, 0.05) is 30.4 Å². The van der Waals surface area contributed by atoms with Crippen molar-refractivity contribution in [2.75, 3.05) is 11.4 Å². The van der Waals surface area contributed by atoms with E-state index in [0.717, 1.165) is 13.0 Å². The molecule has 92 valence electrons. The number of nitrogens with zero attached hydrogens (tertiary/aromatic N) is 3. The summed E-state index contributed by atoms with van der Waals surface area (Å²) in [6.45, 7) is 1.49. The lowest BCUT2D eigenvalue weighted by atomic mass is 10.1. The lowest BCUT2D eigenvalue weighted by Gasteiger charge is -2.28. The van der Waals surface area contributed by atoms with Gasteiger partial charge in [0.2, 0.25) is 0 Å². The Morgan fingerprint density at radius 1 is 1.39 bits per heavy atom. The third-order valence-corrected chi connectivity index (χ3v) is 4.01. The first-order chi connectivity index (χ1) is 8.75. The zero-order valence-corrected chi connectivity index (χ0v) is 10.4. The van der Waals surface area contributed by atoms with Crippen LogP contribution < -0.4 is 4.90 Å². The van der Waals surface area contributed by atoms with Gasteiger partial charge in [-0.15, -0.1) is 11.3 Å². The Kier molecular flexibility index (Phi) is 2.71. The van der Waals surface area contributed by atoms with E-state index in [0.29, 0.717) is 12.4 Å². The number of rotatable bonds is 2. The van der Waals surface area contributed by atoms with Crippen molar-refractivity contribution in [1.82, 2.24) is 9.97 Å². The molecule has 1 aliphatic rings. The molecule has 1 N–H and O–H groups in total. The molecule has 0 bridgehead atoms. The van der Waals surface area contributed by atoms with Crippen molar-refractivity contribution >= 4 is 23.1 Å². The van der Waals surface area contributed by atoms with Crippen molar-refractivity contribution in [3.8, 4) is 0 Å². The van der Waals surface area contributed by atoms with Gasteiger partial charge < -0.3 is 10.0 Å². The number of fused-ring (bicyclic) bond motifs is 1. The van der Waals surface area contributed by atoms with Gasteiger partial charge >= 0.3 is 5.97 Å². The van der Waals surface area contributed by atoms with Crippen LogP contribution in [0.1, 0.15) is 20.9 Å². The maximum atomic E-state index is 11.1. The lowest BCUT2D eigenvalue weighted by Crippen LogP contribution is -2.31. The molecule has 0 amide bonds. The van der Waals surface area contributed by atoms with Gasteiger partial charge in [-0.2, -0.15) is 0 Å². The van der Waals surface area contributed by atoms with E-state index in [1.54, 1.807) is 11.3 Å². The molecule has 6 heteroatoms. The normalized spacial score (nSPS) is 14.3. The average molecular weight is 261 g/mol. The topological polar surface area (TPSA) is 66.3 Å². The highest BCUT2D eigenvalue weighted by Gasteiger charge is 2.23. The van der Waals surface area contributed by atoms with Crippen LogP contribution in [0, 0.1) is 0 Å². The van der Waals surface area contributed by atoms with E-state index < -0.39 is 5.97 Å². The van der Waals surface area contributed by atoms with Gasteiger partial charge in [0.15, 0.2) is 11.5 Å². The molecular weight excluding hydrogens is 250 g/mol. The zero-order chi connectivity index (χ0) is 12.5. The van der Waals surface area contributed by atoms with Crippen molar-refractivity contribution in [2.45, 2.75) is 13.0 Å². The van der Waals surface area contributed by atoms with E-state index in [9.17, 15) is 4.79 Å². The molecule has 5 nitrogen and oxygen atoms in total. The van der Waals surface area contributed by atoms with E-state index in [4.69, 9.17) is 5.11 Å². The first-order valence-corrected chi connectivity index (χ1v) is 6.48. The van der Waals surface area contributed by atoms with Crippen LogP contribution in [0.4, 0.5) is 5.82 Å². The van der Waals surface area contributed by atoms with Crippen molar-refractivity contribution in [3.05, 3.63) is 40.0 Å². The van der Waals surface area contributed by atoms with Crippen LogP contribution in [0.5, 0.6) is 0 Å². The summed E-state index contributed by atoms with van der Waals surface area (Å²) in [5.74, 6) is -0.573. The molecule has 0 aromatic carbocycles. The third-order valence-electron chi connectivity index (χ3n) is 2.99. The molecule has 0 saturated heterocycles. The predicted octanol–water partition coefficient (Wildman–Crippen LogP) is 1.80. The maximum absolute atomic E-state index is 11.1. The molecule has 3 rings (SSSR count). The number of carboxylic acid groups (broad SMARTS) is 1. The fraction of sp³-hybridized carbons (Fsp3) is 0.250. The minimum Gasteiger partial charge on any atom is -0.476 e. The Morgan fingerprint density at radius 2 is 2.22 bits per heavy atom. The second-order valence-electron chi connectivity index (χ2n) is 4.07. The largest absolute Gasteiger partial charge is 0.476 e. The molecule has 0 spiro atoms. The van der Waals surface area contributed by atoms with E-state index in [2.05, 4.69) is 21.4 Å². The number of anilines is 1. The molecular formula is C12H11N3O2S. The number of hydrogen-bond acceptors (Lipinski definition) is 5. The molecule has 2 aromatic rings. The monoisotopic (exact) mass is 261 g/mol. The number of aromatic nitrogens is 2. The Labute approximate surface area is 108 Å². The first-order valence-electron chi connectivity index (χ1n) is 5.60. The van der Waals surface area contributed by atoms with Crippen LogP contribution in [0.15, 0.2) is 23.8 Å². The van der Waals surface area contributed by atoms with Crippen LogP contribution in [0.25, 0.3) is 0 Å². The van der Waals surface area contributed by atoms with Gasteiger partial charge in [0.25, 0.3) is 0 Å². The van der Waals surface area contributed by atoms with E-state index >= 15 is 0 Å². The first kappa shape index (κ1) is 11.2. The predicted molar refractivity (Wildman–Crippen MR) is 68.1 cm³/mol. The minimum absolute atomic E-state index is 0.0242. The summed E-state index contributed by atoms with van der Waals surface area (Å²) < 4.78 is 0. The molecule has 0 fully saturated rings. The van der Waals surface area contributed by atoms with E-state index in [1.807, 2.05) is 4.90 Å². The summed E-state index contributed by atoms with van der Waals surface area (Å²) in [5, 5.41) is 11.2. The molecule has 0 unspecified atom stereocenters. The summed E-state index contributed by atoms with van der Waals surface area (Å²) in [7, 11) is 0. The number of carboxylic acids is 1. The number of thiophene rings is 1. The Bertz CT molecular complexity index is 597. The Balaban J connectivity index is 1.95. The van der Waals surface area contributed by atoms with Gasteiger partial charge in [-0.25, -0.2) is 14.8 Å². The highest BCUT2D eigenvalue weighted by atomic mass is 32.1. The molecule has 0 aliphatic carbocycles. The quantitative estimate of drug-likeness (QED) is 0.893. The molecule has 1 aliphatic heterocycles. The number of carbonyl (C=O) groups is 1. The third kappa shape index (κ3) is 1.84. The summed E-state index contributed by atoms with van der Waals surface area (Å²) in [4.78, 5) is 22.6. The highest BCUT2D eigenvalue weighted by molar-refractivity contribution is 7.10. The van der Waals surface area contributed by atoms with Crippen molar-refractivity contribution in [3.63, 3.8) is 0 Å². The van der Waals surface area contributed by atoms with Gasteiger partial charge in [0.1, 0.15) is 0 Å². The molecule has 18 heavy (non-hydrogen) atoms. The molecule has 2 aromatic heterocycles. The fourth-order valence-electron chi connectivity index (χ4n) is 2.14. The molecule has 3 heterocycles. The summed E-state index contributed by atoms with van der Waals surface area (Å²) >= 11 is 1.75. The van der Waals surface area contributed by atoms with Crippen LogP contribution in [-0.2, 0) is 13.0 Å². The molecule has 0 radical (unpaired) electrons. The second-order valence-corrected chi connectivity index (χ2v) is 5.07. The summed E-state index contributed by atoms with van der Waals surface area (Å²) in [6, 6.07) is 2.09. The zero-order valence-electron chi connectivity index (χ0n) is 9.54. The van der Waals surface area contributed by atoms with Gasteiger partial charge in [-0.1, -0.05) is 0 Å². The smallest absolute Gasteiger partial charge is 0.358 e. The van der Waals surface area contributed by atoms with Crippen molar-refractivity contribution < 1.29 is 9.90 Å². The lowest BCUT2D eigenvalue weighted by molar-refractivity contribution is 0.0690. The van der Waals surface area contributed by atoms with Crippen LogP contribution in [0.3, 0.4) is 0 Å². The Hall–Kier alpha value is -1.95. The van der Waals surface area contributed by atoms with Crippen LogP contribution in [0.2, 0.25) is 0 Å². The van der Waals surface area contributed by atoms with Gasteiger partial charge in [-0.05, 0) is 23.4 Å². The fourth-order valence-corrected chi connectivity index (χ4v) is 3.03. The van der Waals surface area contributed by atoms with Gasteiger partial charge in [0.05, 0.1) is 0 Å². The second kappa shape index (κ2) is 4.38. The minimum atomic E-state index is -1.03. The van der Waals surface area contributed by atoms with Gasteiger partial charge in [-0.3, -0.25) is 0 Å². The maximum Gasteiger partial charge on any atom is 0.358 e. The standard InChI is InChI=1S/C12H11N3O2S/c16-12(17)10-11(14-4-3-13-10)15-5-1-9-8(7-15)2-6-18-9/h2-4,6H,1,5,7H2,(H,16,17). The Morgan fingerprint density at radius 3 is 3.06 bits per heavy atom. The SMILES string of the molecule is O=C(O)c1nccnc1N1CCc2sccc2C1. The summed E-state index contributed by atoms with van der Waals surface area (Å²) in [5.41, 5.74) is 1.28. The van der Waals surface area contributed by atoms with E-state index in [1.165, 1.54) is 22.8 Å². The van der Waals surface area contributed by atoms with Crippen molar-refractivity contribution in [2.24, 2.45) is 0 Å².